The summed E-state index contributed by atoms with van der Waals surface area (Å²) < 4.78 is 5.59. The summed E-state index contributed by atoms with van der Waals surface area (Å²) in [5.41, 5.74) is 1.33. The van der Waals surface area contributed by atoms with E-state index in [1.165, 1.54) is 4.88 Å². The third kappa shape index (κ3) is 4.05. The van der Waals surface area contributed by atoms with Gasteiger partial charge in [0, 0.05) is 10.9 Å². The van der Waals surface area contributed by atoms with E-state index in [0.717, 1.165) is 10.6 Å². The number of ether oxygens (including phenoxy) is 1. The number of anilines is 1. The second-order valence-electron chi connectivity index (χ2n) is 5.47. The first-order chi connectivity index (χ1) is 12.0. The Morgan fingerprint density at radius 3 is 2.92 bits per heavy atom. The zero-order valence-electron chi connectivity index (χ0n) is 13.7. The van der Waals surface area contributed by atoms with Crippen LogP contribution in [0.25, 0.3) is 10.6 Å². The molecule has 7 heteroatoms. The highest BCUT2D eigenvalue weighted by Crippen LogP contribution is 2.27. The molecule has 1 amide bonds. The number of amides is 1. The highest BCUT2D eigenvalue weighted by atomic mass is 32.1. The lowest BCUT2D eigenvalue weighted by molar-refractivity contribution is -0.122. The second kappa shape index (κ2) is 7.20. The molecular weight excluding hydrogens is 336 g/mol. The van der Waals surface area contributed by atoms with E-state index in [2.05, 4.69) is 15.5 Å². The van der Waals surface area contributed by atoms with Gasteiger partial charge in [0.2, 0.25) is 0 Å². The average molecular weight is 352 g/mol. The van der Waals surface area contributed by atoms with Crippen LogP contribution >= 0.6 is 11.3 Å². The summed E-state index contributed by atoms with van der Waals surface area (Å²) in [6, 6.07) is 14.5. The van der Waals surface area contributed by atoms with Gasteiger partial charge >= 0.3 is 0 Å². The predicted molar refractivity (Wildman–Crippen MR) is 96.5 cm³/mol. The number of hydrogen-bond acceptors (Lipinski definition) is 5. The van der Waals surface area contributed by atoms with Gasteiger partial charge in [0.25, 0.3) is 5.91 Å². The van der Waals surface area contributed by atoms with Crippen molar-refractivity contribution in [2.45, 2.75) is 20.0 Å². The number of H-pyrrole nitrogens is 1. The van der Waals surface area contributed by atoms with Crippen LogP contribution in [0.3, 0.4) is 0 Å². The number of nitriles is 1. The number of aromatic amines is 1. The normalized spacial score (nSPS) is 11.6. The second-order valence-corrected chi connectivity index (χ2v) is 6.75. The number of carbonyl (C=O) groups is 1. The van der Waals surface area contributed by atoms with Crippen molar-refractivity contribution in [3.8, 4) is 22.4 Å². The van der Waals surface area contributed by atoms with Crippen molar-refractivity contribution in [1.82, 2.24) is 10.2 Å². The molecule has 0 radical (unpaired) electrons. The first kappa shape index (κ1) is 16.7. The molecule has 3 rings (SSSR count). The zero-order chi connectivity index (χ0) is 17.8. The average Bonchev–Trinajstić information content (AvgIpc) is 3.24. The van der Waals surface area contributed by atoms with E-state index < -0.39 is 6.10 Å². The molecule has 0 aliphatic heterocycles. The van der Waals surface area contributed by atoms with Gasteiger partial charge in [0.1, 0.15) is 5.75 Å². The number of carbonyl (C=O) groups excluding carboxylic acids is 1. The van der Waals surface area contributed by atoms with Crippen molar-refractivity contribution in [2.24, 2.45) is 0 Å². The Balaban J connectivity index is 1.63. The smallest absolute Gasteiger partial charge is 0.266 e. The van der Waals surface area contributed by atoms with Gasteiger partial charge in [-0.1, -0.05) is 6.07 Å². The van der Waals surface area contributed by atoms with Crippen molar-refractivity contribution < 1.29 is 9.53 Å². The van der Waals surface area contributed by atoms with Crippen LogP contribution in [0.15, 0.2) is 42.5 Å². The van der Waals surface area contributed by atoms with Gasteiger partial charge in [-0.25, -0.2) is 0 Å². The Morgan fingerprint density at radius 1 is 1.36 bits per heavy atom. The molecule has 0 bridgehead atoms. The molecular formula is C18H16N4O2S. The molecule has 1 aromatic carbocycles. The molecule has 1 unspecified atom stereocenters. The number of aryl methyl sites for hydroxylation is 1. The van der Waals surface area contributed by atoms with Crippen LogP contribution in [0.1, 0.15) is 17.4 Å². The van der Waals surface area contributed by atoms with E-state index in [-0.39, 0.29) is 5.91 Å². The Bertz CT molecular complexity index is 938. The lowest BCUT2D eigenvalue weighted by Crippen LogP contribution is -2.30. The maximum atomic E-state index is 12.3. The predicted octanol–water partition coefficient (Wildman–Crippen LogP) is 3.72. The summed E-state index contributed by atoms with van der Waals surface area (Å²) in [5.74, 6) is 0.591. The summed E-state index contributed by atoms with van der Waals surface area (Å²) in [5, 5.41) is 18.6. The maximum Gasteiger partial charge on any atom is 0.266 e. The third-order valence-electron chi connectivity index (χ3n) is 3.48. The van der Waals surface area contributed by atoms with E-state index in [1.807, 2.05) is 25.1 Å². The molecule has 2 aromatic heterocycles. The highest BCUT2D eigenvalue weighted by Gasteiger charge is 2.17. The summed E-state index contributed by atoms with van der Waals surface area (Å²) in [6.45, 7) is 3.68. The number of nitrogens with zero attached hydrogens (tertiary/aromatic N) is 2. The van der Waals surface area contributed by atoms with Gasteiger partial charge in [0.05, 0.1) is 22.2 Å². The molecule has 0 fully saturated rings. The number of benzene rings is 1. The number of hydrogen-bond donors (Lipinski definition) is 2. The number of thiophene rings is 1. The SMILES string of the molecule is Cc1ccc(-c2cc(NC(=O)C(C)Oc3cccc(C#N)c3)n[nH]2)s1. The van der Waals surface area contributed by atoms with Crippen LogP contribution in [0, 0.1) is 18.3 Å². The molecule has 2 heterocycles. The van der Waals surface area contributed by atoms with Gasteiger partial charge < -0.3 is 10.1 Å². The molecule has 126 valence electrons. The quantitative estimate of drug-likeness (QED) is 0.732. The van der Waals surface area contributed by atoms with Crippen LogP contribution < -0.4 is 10.1 Å². The van der Waals surface area contributed by atoms with Crippen LogP contribution in [0.5, 0.6) is 5.75 Å². The minimum atomic E-state index is -0.724. The first-order valence-corrected chi connectivity index (χ1v) is 8.46. The first-order valence-electron chi connectivity index (χ1n) is 7.65. The summed E-state index contributed by atoms with van der Waals surface area (Å²) in [7, 11) is 0. The Kier molecular flexibility index (Phi) is 4.82. The Labute approximate surface area is 149 Å². The molecule has 0 saturated heterocycles. The molecule has 0 aliphatic rings. The van der Waals surface area contributed by atoms with Gasteiger partial charge in [-0.3, -0.25) is 9.89 Å². The fourth-order valence-electron chi connectivity index (χ4n) is 2.22. The molecule has 1 atom stereocenters. The molecule has 6 nitrogen and oxygen atoms in total. The molecule has 2 N–H and O–H groups in total. The van der Waals surface area contributed by atoms with E-state index in [1.54, 1.807) is 48.6 Å². The van der Waals surface area contributed by atoms with Crippen molar-refractivity contribution >= 4 is 23.1 Å². The van der Waals surface area contributed by atoms with Crippen LogP contribution in [-0.4, -0.2) is 22.2 Å². The lowest BCUT2D eigenvalue weighted by atomic mass is 10.2. The zero-order valence-corrected chi connectivity index (χ0v) is 14.6. The minimum absolute atomic E-state index is 0.317. The van der Waals surface area contributed by atoms with Gasteiger partial charge in [-0.15, -0.1) is 11.3 Å². The van der Waals surface area contributed by atoms with Gasteiger partial charge in [-0.2, -0.15) is 10.4 Å². The number of aromatic nitrogens is 2. The summed E-state index contributed by atoms with van der Waals surface area (Å²) in [4.78, 5) is 14.5. The van der Waals surface area contributed by atoms with Crippen LogP contribution in [0.4, 0.5) is 5.82 Å². The topological polar surface area (TPSA) is 90.8 Å². The van der Waals surface area contributed by atoms with E-state index >= 15 is 0 Å². The fourth-order valence-corrected chi connectivity index (χ4v) is 3.05. The standard InChI is InChI=1S/C18H16N4O2S/c1-11-6-7-16(25-11)15-9-17(22-21-15)20-18(23)12(2)24-14-5-3-4-13(8-14)10-19/h3-9,12H,1-2H3,(H2,20,21,22,23). The third-order valence-corrected chi connectivity index (χ3v) is 4.51. The molecule has 0 spiro atoms. The lowest BCUT2D eigenvalue weighted by Gasteiger charge is -2.13. The summed E-state index contributed by atoms with van der Waals surface area (Å²) in [6.07, 6.45) is -0.724. The Morgan fingerprint density at radius 2 is 2.20 bits per heavy atom. The number of rotatable bonds is 5. The van der Waals surface area contributed by atoms with Crippen LogP contribution in [0.2, 0.25) is 0 Å². The van der Waals surface area contributed by atoms with Crippen LogP contribution in [-0.2, 0) is 4.79 Å². The maximum absolute atomic E-state index is 12.3. The van der Waals surface area contributed by atoms with Crippen molar-refractivity contribution in [2.75, 3.05) is 5.32 Å². The van der Waals surface area contributed by atoms with E-state index in [4.69, 9.17) is 10.00 Å². The molecule has 3 aromatic rings. The van der Waals surface area contributed by atoms with E-state index in [9.17, 15) is 4.79 Å². The summed E-state index contributed by atoms with van der Waals surface area (Å²) >= 11 is 1.65. The fraction of sp³-hybridized carbons (Fsp3) is 0.167. The largest absolute Gasteiger partial charge is 0.481 e. The molecule has 0 aliphatic carbocycles. The highest BCUT2D eigenvalue weighted by molar-refractivity contribution is 7.15. The Hall–Kier alpha value is -3.11. The van der Waals surface area contributed by atoms with Crippen molar-refractivity contribution in [3.05, 3.63) is 52.9 Å². The molecule has 25 heavy (non-hydrogen) atoms. The monoisotopic (exact) mass is 352 g/mol. The minimum Gasteiger partial charge on any atom is -0.481 e. The number of nitrogens with one attached hydrogen (secondary N) is 2. The van der Waals surface area contributed by atoms with E-state index in [0.29, 0.717) is 17.1 Å². The van der Waals surface area contributed by atoms with Gasteiger partial charge in [-0.05, 0) is 44.2 Å². The van der Waals surface area contributed by atoms with Crippen molar-refractivity contribution in [3.63, 3.8) is 0 Å². The van der Waals surface area contributed by atoms with Crippen molar-refractivity contribution in [1.29, 1.82) is 5.26 Å². The molecule has 0 saturated carbocycles. The van der Waals surface area contributed by atoms with Gasteiger partial charge in [0.15, 0.2) is 11.9 Å².